The van der Waals surface area contributed by atoms with E-state index in [1.807, 2.05) is 0 Å². The van der Waals surface area contributed by atoms with Crippen LogP contribution in [0.5, 0.6) is 0 Å². The summed E-state index contributed by atoms with van der Waals surface area (Å²) < 4.78 is 6.26. The lowest BCUT2D eigenvalue weighted by Crippen LogP contribution is -2.65. The van der Waals surface area contributed by atoms with Gasteiger partial charge >= 0.3 is 0 Å². The van der Waals surface area contributed by atoms with Crippen LogP contribution in [0.3, 0.4) is 0 Å². The van der Waals surface area contributed by atoms with Crippen molar-refractivity contribution < 1.29 is 4.74 Å². The van der Waals surface area contributed by atoms with E-state index in [1.165, 1.54) is 0 Å². The number of nitrogens with one attached hydrogen (secondary N) is 1. The minimum atomic E-state index is -0.0982. The molecule has 0 aliphatic carbocycles. The normalized spacial score (nSPS) is 28.7. The molecular weight excluding hydrogens is 174 g/mol. The Bertz CT molecular complexity index is 204. The Hall–Kier alpha value is -0.0800. The quantitative estimate of drug-likeness (QED) is 0.738. The Kier molecular flexibility index (Phi) is 2.99. The first kappa shape index (κ1) is 12.0. The average Bonchev–Trinajstić information content (AvgIpc) is 2.10. The summed E-state index contributed by atoms with van der Waals surface area (Å²) >= 11 is 0. The van der Waals surface area contributed by atoms with Gasteiger partial charge in [0.2, 0.25) is 0 Å². The maximum absolute atomic E-state index is 6.26. The maximum atomic E-state index is 6.26. The zero-order valence-corrected chi connectivity index (χ0v) is 10.5. The van der Waals surface area contributed by atoms with Crippen molar-refractivity contribution >= 4 is 0 Å². The van der Waals surface area contributed by atoms with Crippen LogP contribution in [0.4, 0.5) is 0 Å². The molecule has 0 unspecified atom stereocenters. The number of hydrogen-bond donors (Lipinski definition) is 1. The van der Waals surface area contributed by atoms with Gasteiger partial charge in [-0.3, -0.25) is 5.32 Å². The number of ether oxygens (including phenoxy) is 1. The predicted molar refractivity (Wildman–Crippen MR) is 60.3 cm³/mol. The molecular formula is C12H25NO. The summed E-state index contributed by atoms with van der Waals surface area (Å²) in [4.78, 5) is 0. The molecule has 2 heteroatoms. The summed E-state index contributed by atoms with van der Waals surface area (Å²) in [6.45, 7) is 14.3. The maximum Gasteiger partial charge on any atom is 0.119 e. The Morgan fingerprint density at radius 1 is 1.07 bits per heavy atom. The molecule has 0 aromatic carbocycles. The first-order chi connectivity index (χ1) is 6.29. The zero-order valence-electron chi connectivity index (χ0n) is 10.5. The topological polar surface area (TPSA) is 21.3 Å². The van der Waals surface area contributed by atoms with Gasteiger partial charge in [0.05, 0.1) is 5.60 Å². The first-order valence-electron chi connectivity index (χ1n) is 5.74. The van der Waals surface area contributed by atoms with Gasteiger partial charge in [-0.05, 0) is 26.7 Å². The molecule has 0 atom stereocenters. The van der Waals surface area contributed by atoms with E-state index in [9.17, 15) is 0 Å². The van der Waals surface area contributed by atoms with Crippen LogP contribution in [0.2, 0.25) is 0 Å². The molecule has 0 amide bonds. The second-order valence-electron chi connectivity index (χ2n) is 5.55. The fourth-order valence-electron chi connectivity index (χ4n) is 1.90. The highest BCUT2D eigenvalue weighted by atomic mass is 16.5. The minimum Gasteiger partial charge on any atom is -0.354 e. The summed E-state index contributed by atoms with van der Waals surface area (Å²) in [7, 11) is 0. The van der Waals surface area contributed by atoms with Crippen molar-refractivity contribution in [3.63, 3.8) is 0 Å². The van der Waals surface area contributed by atoms with Gasteiger partial charge in [-0.1, -0.05) is 27.7 Å². The number of hydrogen-bond acceptors (Lipinski definition) is 2. The Morgan fingerprint density at radius 2 is 1.57 bits per heavy atom. The van der Waals surface area contributed by atoms with Crippen LogP contribution < -0.4 is 5.32 Å². The van der Waals surface area contributed by atoms with Crippen LogP contribution in [-0.4, -0.2) is 17.9 Å². The van der Waals surface area contributed by atoms with Crippen LogP contribution in [0, 0.1) is 5.41 Å². The molecule has 1 heterocycles. The van der Waals surface area contributed by atoms with Crippen molar-refractivity contribution in [3.05, 3.63) is 0 Å². The minimum absolute atomic E-state index is 0.0513. The van der Waals surface area contributed by atoms with Gasteiger partial charge in [0.25, 0.3) is 0 Å². The molecule has 0 radical (unpaired) electrons. The summed E-state index contributed by atoms with van der Waals surface area (Å²) in [6.07, 6.45) is 2.06. The summed E-state index contributed by atoms with van der Waals surface area (Å²) in [5.74, 6) is 0. The van der Waals surface area contributed by atoms with Crippen molar-refractivity contribution in [2.75, 3.05) is 6.54 Å². The average molecular weight is 199 g/mol. The van der Waals surface area contributed by atoms with Gasteiger partial charge in [0.1, 0.15) is 5.72 Å². The molecule has 0 bridgehead atoms. The van der Waals surface area contributed by atoms with Crippen LogP contribution in [0.25, 0.3) is 0 Å². The van der Waals surface area contributed by atoms with Crippen LogP contribution >= 0.6 is 0 Å². The van der Waals surface area contributed by atoms with Crippen molar-refractivity contribution in [1.82, 2.24) is 5.32 Å². The van der Waals surface area contributed by atoms with E-state index in [0.29, 0.717) is 0 Å². The highest BCUT2D eigenvalue weighted by Gasteiger charge is 2.48. The zero-order chi connectivity index (χ0) is 11.0. The fourth-order valence-corrected chi connectivity index (χ4v) is 1.90. The van der Waals surface area contributed by atoms with Gasteiger partial charge in [-0.15, -0.1) is 0 Å². The van der Waals surface area contributed by atoms with Gasteiger partial charge < -0.3 is 4.74 Å². The molecule has 1 aliphatic heterocycles. The van der Waals surface area contributed by atoms with Gasteiger partial charge in [0.15, 0.2) is 0 Å². The lowest BCUT2D eigenvalue weighted by molar-refractivity contribution is -0.238. The molecule has 1 saturated heterocycles. The van der Waals surface area contributed by atoms with Gasteiger partial charge in [0, 0.05) is 12.0 Å². The van der Waals surface area contributed by atoms with Crippen LogP contribution in [-0.2, 0) is 4.74 Å². The number of rotatable bonds is 2. The van der Waals surface area contributed by atoms with Crippen LogP contribution in [0.1, 0.15) is 54.4 Å². The lowest BCUT2D eigenvalue weighted by Gasteiger charge is -2.54. The van der Waals surface area contributed by atoms with E-state index in [2.05, 4.69) is 46.9 Å². The van der Waals surface area contributed by atoms with Crippen molar-refractivity contribution in [2.24, 2.45) is 5.41 Å². The van der Waals surface area contributed by atoms with E-state index >= 15 is 0 Å². The van der Waals surface area contributed by atoms with Crippen molar-refractivity contribution in [2.45, 2.75) is 65.7 Å². The first-order valence-corrected chi connectivity index (χ1v) is 5.74. The smallest absolute Gasteiger partial charge is 0.119 e. The molecule has 0 saturated carbocycles. The van der Waals surface area contributed by atoms with Gasteiger partial charge in [-0.25, -0.2) is 0 Å². The standard InChI is InChI=1S/C12H25NO/c1-7-12(8-2)13-9-10(3,4)11(5,6)14-12/h13H,7-9H2,1-6H3. The third kappa shape index (κ3) is 1.82. The molecule has 0 aromatic heterocycles. The highest BCUT2D eigenvalue weighted by molar-refractivity contribution is 4.97. The SMILES string of the molecule is CCC1(CC)NCC(C)(C)C(C)(C)O1. The molecule has 0 aromatic rings. The Labute approximate surface area is 88.4 Å². The van der Waals surface area contributed by atoms with E-state index in [4.69, 9.17) is 4.74 Å². The van der Waals surface area contributed by atoms with Crippen molar-refractivity contribution in [3.8, 4) is 0 Å². The molecule has 1 aliphatic rings. The predicted octanol–water partition coefficient (Wildman–Crippen LogP) is 2.93. The van der Waals surface area contributed by atoms with Gasteiger partial charge in [-0.2, -0.15) is 0 Å². The third-order valence-electron chi connectivity index (χ3n) is 4.08. The highest BCUT2D eigenvalue weighted by Crippen LogP contribution is 2.41. The van der Waals surface area contributed by atoms with Crippen LogP contribution in [0.15, 0.2) is 0 Å². The third-order valence-corrected chi connectivity index (χ3v) is 4.08. The molecule has 1 fully saturated rings. The van der Waals surface area contributed by atoms with E-state index < -0.39 is 0 Å². The Morgan fingerprint density at radius 3 is 1.93 bits per heavy atom. The molecule has 2 nitrogen and oxygen atoms in total. The lowest BCUT2D eigenvalue weighted by atomic mass is 9.74. The second kappa shape index (κ2) is 3.49. The summed E-state index contributed by atoms with van der Waals surface area (Å²) in [5.41, 5.74) is 0.0458. The van der Waals surface area contributed by atoms with Crippen molar-refractivity contribution in [1.29, 1.82) is 0 Å². The van der Waals surface area contributed by atoms with E-state index in [-0.39, 0.29) is 16.7 Å². The largest absolute Gasteiger partial charge is 0.354 e. The molecule has 0 spiro atoms. The summed E-state index contributed by atoms with van der Waals surface area (Å²) in [6, 6.07) is 0. The monoisotopic (exact) mass is 199 g/mol. The fraction of sp³-hybridized carbons (Fsp3) is 1.00. The molecule has 14 heavy (non-hydrogen) atoms. The molecule has 1 rings (SSSR count). The Balaban J connectivity index is 2.86. The van der Waals surface area contributed by atoms with E-state index in [1.54, 1.807) is 0 Å². The second-order valence-corrected chi connectivity index (χ2v) is 5.55. The molecule has 1 N–H and O–H groups in total. The molecule has 84 valence electrons. The summed E-state index contributed by atoms with van der Waals surface area (Å²) in [5, 5.41) is 3.56. The van der Waals surface area contributed by atoms with E-state index in [0.717, 1.165) is 19.4 Å².